The Labute approximate surface area is 259 Å². The van der Waals surface area contributed by atoms with Crippen molar-refractivity contribution in [3.8, 4) is 5.88 Å². The summed E-state index contributed by atoms with van der Waals surface area (Å²) in [7, 11) is 3.39. The van der Waals surface area contributed by atoms with Crippen molar-refractivity contribution in [2.75, 3.05) is 36.7 Å². The number of methoxy groups -OCH3 is 1. The van der Waals surface area contributed by atoms with Crippen molar-refractivity contribution >= 4 is 52.0 Å². The zero-order chi connectivity index (χ0) is 30.8. The second kappa shape index (κ2) is 12.8. The fourth-order valence-corrected chi connectivity index (χ4v) is 5.94. The Morgan fingerprint density at radius 3 is 2.60 bits per heavy atom. The molecule has 5 rings (SSSR count). The lowest BCUT2D eigenvalue weighted by molar-refractivity contribution is 0.0980. The van der Waals surface area contributed by atoms with E-state index in [9.17, 15) is 9.59 Å². The Balaban J connectivity index is 1.46. The molecule has 1 fully saturated rings. The molecule has 11 nitrogen and oxygen atoms in total. The smallest absolute Gasteiger partial charge is 0.281 e. The number of amides is 1. The highest BCUT2D eigenvalue weighted by molar-refractivity contribution is 7.97. The number of benzene rings is 1. The van der Waals surface area contributed by atoms with Gasteiger partial charge in [0.15, 0.2) is 5.69 Å². The number of hydrogen-bond donors (Lipinski definition) is 2. The maximum atomic E-state index is 13.7. The average molecular weight is 623 g/mol. The van der Waals surface area contributed by atoms with Crippen LogP contribution in [0.2, 0.25) is 5.15 Å². The van der Waals surface area contributed by atoms with Crippen LogP contribution in [0.25, 0.3) is 10.9 Å². The first-order chi connectivity index (χ1) is 20.6. The molecule has 1 unspecified atom stereocenters. The van der Waals surface area contributed by atoms with Gasteiger partial charge in [-0.3, -0.25) is 18.9 Å². The Morgan fingerprint density at radius 2 is 1.91 bits per heavy atom. The number of halogens is 1. The van der Waals surface area contributed by atoms with Gasteiger partial charge in [0.05, 0.1) is 29.7 Å². The molecule has 13 heteroatoms. The fraction of sp³-hybridized carbons (Fsp3) is 0.400. The number of pyridine rings is 1. The van der Waals surface area contributed by atoms with E-state index in [0.717, 1.165) is 35.4 Å². The van der Waals surface area contributed by atoms with E-state index in [1.807, 2.05) is 32.9 Å². The number of anilines is 2. The molecule has 2 N–H and O–H groups in total. The van der Waals surface area contributed by atoms with E-state index in [1.54, 1.807) is 43.3 Å². The maximum absolute atomic E-state index is 13.7. The Bertz CT molecular complexity index is 1740. The van der Waals surface area contributed by atoms with Gasteiger partial charge in [-0.25, -0.2) is 15.0 Å². The van der Waals surface area contributed by atoms with Gasteiger partial charge in [-0.2, -0.15) is 4.98 Å². The number of nitrogens with one attached hydrogen (secondary N) is 2. The number of piperidine rings is 1. The SMILES string of the molecule is COc1nc(C2CCN(c3nc4c(C(C)Nc5ccc(Cl)nc5C(=O)NSC)cc(C)cc4c(=O)n3C)CC2)ncc1C. The largest absolute Gasteiger partial charge is 0.481 e. The molecule has 3 aromatic heterocycles. The van der Waals surface area contributed by atoms with Crippen molar-refractivity contribution in [1.82, 2.24) is 29.2 Å². The van der Waals surface area contributed by atoms with Gasteiger partial charge in [-0.1, -0.05) is 29.6 Å². The Hall–Kier alpha value is -3.90. The summed E-state index contributed by atoms with van der Waals surface area (Å²) in [6, 6.07) is 6.96. The number of ether oxygens (including phenoxy) is 1. The van der Waals surface area contributed by atoms with Gasteiger partial charge in [0.2, 0.25) is 11.8 Å². The Kier molecular flexibility index (Phi) is 9.07. The van der Waals surface area contributed by atoms with Gasteiger partial charge in [-0.15, -0.1) is 0 Å². The highest BCUT2D eigenvalue weighted by Gasteiger charge is 2.27. The predicted octanol–water partition coefficient (Wildman–Crippen LogP) is 4.96. The normalized spacial score (nSPS) is 14.5. The molecule has 0 saturated carbocycles. The zero-order valence-electron chi connectivity index (χ0n) is 25.1. The molecule has 1 aromatic carbocycles. The third-order valence-corrected chi connectivity index (χ3v) is 8.32. The number of aryl methyl sites for hydroxylation is 2. The van der Waals surface area contributed by atoms with Gasteiger partial charge in [0.1, 0.15) is 11.0 Å². The number of aromatic nitrogens is 5. The quantitative estimate of drug-likeness (QED) is 0.206. The first-order valence-corrected chi connectivity index (χ1v) is 15.6. The first kappa shape index (κ1) is 30.6. The van der Waals surface area contributed by atoms with Gasteiger partial charge in [-0.05, 0) is 57.4 Å². The van der Waals surface area contributed by atoms with Crippen molar-refractivity contribution in [2.45, 2.75) is 45.6 Å². The molecule has 4 heterocycles. The van der Waals surface area contributed by atoms with Gasteiger partial charge >= 0.3 is 0 Å². The molecule has 0 aliphatic carbocycles. The van der Waals surface area contributed by atoms with E-state index in [4.69, 9.17) is 21.3 Å². The van der Waals surface area contributed by atoms with E-state index in [2.05, 4.69) is 29.9 Å². The van der Waals surface area contributed by atoms with E-state index in [-0.39, 0.29) is 34.3 Å². The summed E-state index contributed by atoms with van der Waals surface area (Å²) in [6.07, 6.45) is 5.21. The second-order valence-corrected chi connectivity index (χ2v) is 11.7. The van der Waals surface area contributed by atoms with Gasteiger partial charge in [0.25, 0.3) is 11.5 Å². The van der Waals surface area contributed by atoms with E-state index < -0.39 is 0 Å². The fourth-order valence-electron chi connectivity index (χ4n) is 5.51. The number of carbonyl (C=O) groups excluding carboxylic acids is 1. The number of fused-ring (bicyclic) bond motifs is 1. The minimum atomic E-state index is -0.356. The van der Waals surface area contributed by atoms with Crippen molar-refractivity contribution in [1.29, 1.82) is 0 Å². The molecule has 0 spiro atoms. The highest BCUT2D eigenvalue weighted by atomic mass is 35.5. The van der Waals surface area contributed by atoms with Crippen molar-refractivity contribution < 1.29 is 9.53 Å². The molecule has 1 saturated heterocycles. The minimum Gasteiger partial charge on any atom is -0.481 e. The minimum absolute atomic E-state index is 0.112. The van der Waals surface area contributed by atoms with Crippen molar-refractivity contribution in [3.05, 3.63) is 74.2 Å². The lowest BCUT2D eigenvalue weighted by Gasteiger charge is -2.33. The van der Waals surface area contributed by atoms with Crippen LogP contribution in [-0.4, -0.2) is 56.9 Å². The third kappa shape index (κ3) is 6.25. The number of rotatable bonds is 8. The van der Waals surface area contributed by atoms with Crippen LogP contribution in [0.15, 0.2) is 35.3 Å². The molecular weight excluding hydrogens is 588 g/mol. The summed E-state index contributed by atoms with van der Waals surface area (Å²) in [5, 5.41) is 4.17. The molecule has 1 atom stereocenters. The predicted molar refractivity (Wildman–Crippen MR) is 171 cm³/mol. The molecule has 1 amide bonds. The Morgan fingerprint density at radius 1 is 1.16 bits per heavy atom. The van der Waals surface area contributed by atoms with Crippen LogP contribution in [0, 0.1) is 13.8 Å². The van der Waals surface area contributed by atoms with Crippen LogP contribution in [0.5, 0.6) is 5.88 Å². The summed E-state index contributed by atoms with van der Waals surface area (Å²) in [5.74, 6) is 1.83. The lowest BCUT2D eigenvalue weighted by atomic mass is 9.96. The van der Waals surface area contributed by atoms with E-state index in [1.165, 1.54) is 11.9 Å². The summed E-state index contributed by atoms with van der Waals surface area (Å²) >= 11 is 7.29. The lowest BCUT2D eigenvalue weighted by Crippen LogP contribution is -2.38. The molecule has 1 aliphatic rings. The summed E-state index contributed by atoms with van der Waals surface area (Å²) < 4.78 is 9.73. The highest BCUT2D eigenvalue weighted by Crippen LogP contribution is 2.32. The summed E-state index contributed by atoms with van der Waals surface area (Å²) in [6.45, 7) is 7.26. The second-order valence-electron chi connectivity index (χ2n) is 10.7. The van der Waals surface area contributed by atoms with Crippen molar-refractivity contribution in [3.63, 3.8) is 0 Å². The van der Waals surface area contributed by atoms with Crippen LogP contribution >= 0.6 is 23.5 Å². The van der Waals surface area contributed by atoms with E-state index in [0.29, 0.717) is 41.5 Å². The van der Waals surface area contributed by atoms with E-state index >= 15 is 0 Å². The average Bonchev–Trinajstić information content (AvgIpc) is 3.00. The van der Waals surface area contributed by atoms with Crippen molar-refractivity contribution in [2.24, 2.45) is 7.05 Å². The number of nitrogens with zero attached hydrogens (tertiary/aromatic N) is 6. The number of carbonyl (C=O) groups is 1. The number of hydrogen-bond acceptors (Lipinski definition) is 10. The zero-order valence-corrected chi connectivity index (χ0v) is 26.6. The first-order valence-electron chi connectivity index (χ1n) is 14.0. The molecular formula is C30H35ClN8O3S. The molecule has 1 aliphatic heterocycles. The summed E-state index contributed by atoms with van der Waals surface area (Å²) in [4.78, 5) is 47.0. The molecule has 4 aromatic rings. The van der Waals surface area contributed by atoms with Crippen LogP contribution in [0.4, 0.5) is 11.6 Å². The van der Waals surface area contributed by atoms with Gasteiger partial charge < -0.3 is 15.0 Å². The van der Waals surface area contributed by atoms with Gasteiger partial charge in [0, 0.05) is 49.6 Å². The molecule has 0 bridgehead atoms. The topological polar surface area (TPSA) is 127 Å². The van der Waals surface area contributed by atoms with Crippen LogP contribution < -0.4 is 25.2 Å². The van der Waals surface area contributed by atoms with Crippen LogP contribution in [0.1, 0.15) is 64.7 Å². The van der Waals surface area contributed by atoms with Crippen LogP contribution in [0.3, 0.4) is 0 Å². The third-order valence-electron chi connectivity index (χ3n) is 7.72. The monoisotopic (exact) mass is 622 g/mol. The molecule has 43 heavy (non-hydrogen) atoms. The van der Waals surface area contributed by atoms with Crippen LogP contribution in [-0.2, 0) is 7.05 Å². The summed E-state index contributed by atoms with van der Waals surface area (Å²) in [5.41, 5.74) is 3.91. The standard InChI is InChI=1S/C30H35ClN8O3S/c1-16-13-20(18(3)33-22-7-8-23(31)34-25(22)27(40)37-43-6)24-21(14-16)29(41)38(4)30(35-24)39-11-9-19(10-12-39)26-32-15-17(2)28(36-26)42-5/h7-8,13-15,18-19,33H,9-12H2,1-6H3,(H,37,40). The maximum Gasteiger partial charge on any atom is 0.281 e. The molecule has 226 valence electrons. The molecule has 0 radical (unpaired) electrons.